The molecule has 104 heavy (non-hydrogen) atoms. The van der Waals surface area contributed by atoms with Crippen LogP contribution >= 0.6 is 0 Å². The Labute approximate surface area is 611 Å². The predicted octanol–water partition coefficient (Wildman–Crippen LogP) is 22.4. The quantitative estimate of drug-likeness (QED) is 0.127. The maximum absolute atomic E-state index is 7.76. The number of rotatable bonds is 10. The highest BCUT2D eigenvalue weighted by atomic mass is 16.5. The fourth-order valence-electron chi connectivity index (χ4n) is 16.6. The molecule has 4 aliphatic rings. The fraction of sp³-hybridized carbons (Fsp3) is 0.0816. The van der Waals surface area contributed by atoms with Gasteiger partial charge < -0.3 is 19.3 Å². The summed E-state index contributed by atoms with van der Waals surface area (Å²) in [5, 5.41) is 0. The van der Waals surface area contributed by atoms with Crippen molar-refractivity contribution in [3.63, 3.8) is 0 Å². The second-order valence-electron chi connectivity index (χ2n) is 30.3. The van der Waals surface area contributed by atoms with Crippen LogP contribution in [-0.4, -0.2) is 13.4 Å². The average molecular weight is 1330 g/mol. The molecule has 0 aromatic heterocycles. The zero-order valence-corrected chi connectivity index (χ0v) is 59.2. The normalized spacial score (nSPS) is 13.0. The minimum absolute atomic E-state index is 0.176. The summed E-state index contributed by atoms with van der Waals surface area (Å²) in [7, 11) is 0. The Morgan fingerprint density at radius 2 is 0.490 bits per heavy atom. The molecule has 0 unspecified atom stereocenters. The molecule has 19 rings (SSSR count). The van der Waals surface area contributed by atoms with Crippen LogP contribution < -0.4 is 52.1 Å². The fourth-order valence-corrected chi connectivity index (χ4v) is 16.6. The monoisotopic (exact) mass is 1330 g/mol. The van der Waals surface area contributed by atoms with E-state index in [2.05, 4.69) is 391 Å². The number of nitrogens with zero attached hydrogens (tertiary/aromatic N) is 2. The van der Waals surface area contributed by atoms with Crippen molar-refractivity contribution in [2.75, 3.05) is 9.80 Å². The summed E-state index contributed by atoms with van der Waals surface area (Å²) in [4.78, 5) is 5.22. The van der Waals surface area contributed by atoms with Gasteiger partial charge in [-0.25, -0.2) is 0 Å². The average Bonchev–Trinajstić information content (AvgIpc) is 0.693. The molecule has 0 saturated heterocycles. The molecule has 494 valence electrons. The molecular formula is C98H74B2N2O2. The summed E-state index contributed by atoms with van der Waals surface area (Å²) >= 11 is 0. The first kappa shape index (κ1) is 62.6. The number of anilines is 6. The van der Waals surface area contributed by atoms with Gasteiger partial charge in [0.15, 0.2) is 0 Å². The van der Waals surface area contributed by atoms with Crippen LogP contribution in [0.3, 0.4) is 0 Å². The van der Waals surface area contributed by atoms with Crippen LogP contribution in [-0.2, 0) is 10.8 Å². The van der Waals surface area contributed by atoms with E-state index >= 15 is 0 Å². The summed E-state index contributed by atoms with van der Waals surface area (Å²) < 4.78 is 15.5. The predicted molar refractivity (Wildman–Crippen MR) is 439 cm³/mol. The molecule has 6 heteroatoms. The number of hydrogen-bond acceptors (Lipinski definition) is 4. The van der Waals surface area contributed by atoms with Gasteiger partial charge in [0.25, 0.3) is 13.4 Å². The van der Waals surface area contributed by atoms with Crippen LogP contribution in [0.25, 0.3) is 89.0 Å². The van der Waals surface area contributed by atoms with E-state index in [0.29, 0.717) is 0 Å². The van der Waals surface area contributed by atoms with Gasteiger partial charge in [0.2, 0.25) is 0 Å². The van der Waals surface area contributed by atoms with Gasteiger partial charge in [-0.3, -0.25) is 0 Å². The van der Waals surface area contributed by atoms with Gasteiger partial charge in [0.1, 0.15) is 23.0 Å². The first-order valence-electron chi connectivity index (χ1n) is 36.4. The molecule has 0 saturated carbocycles. The summed E-state index contributed by atoms with van der Waals surface area (Å²) in [5.41, 5.74) is 33.5. The van der Waals surface area contributed by atoms with E-state index in [4.69, 9.17) is 9.47 Å². The molecule has 4 heterocycles. The van der Waals surface area contributed by atoms with Crippen LogP contribution in [0.4, 0.5) is 34.1 Å². The zero-order chi connectivity index (χ0) is 70.0. The van der Waals surface area contributed by atoms with Gasteiger partial charge in [-0.2, -0.15) is 0 Å². The molecule has 0 bridgehead atoms. The number of fused-ring (bicyclic) bond motifs is 8. The second-order valence-corrected chi connectivity index (χ2v) is 30.3. The van der Waals surface area contributed by atoms with Crippen molar-refractivity contribution >= 4 is 80.3 Å². The smallest absolute Gasteiger partial charge is 0.256 e. The van der Waals surface area contributed by atoms with E-state index < -0.39 is 0 Å². The van der Waals surface area contributed by atoms with E-state index in [-0.39, 0.29) is 24.3 Å². The molecule has 0 spiro atoms. The highest BCUT2D eigenvalue weighted by molar-refractivity contribution is 7.02. The number of ether oxygens (including phenoxy) is 2. The molecule has 4 aliphatic heterocycles. The van der Waals surface area contributed by atoms with Gasteiger partial charge in [-0.1, -0.05) is 315 Å². The van der Waals surface area contributed by atoms with E-state index in [1.165, 1.54) is 22.1 Å². The summed E-state index contributed by atoms with van der Waals surface area (Å²) in [5.74, 6) is 3.17. The van der Waals surface area contributed by atoms with E-state index in [1.807, 2.05) is 0 Å². The zero-order valence-electron chi connectivity index (χ0n) is 59.2. The molecule has 0 N–H and O–H groups in total. The molecule has 0 atom stereocenters. The van der Waals surface area contributed by atoms with Crippen molar-refractivity contribution in [1.29, 1.82) is 0 Å². The van der Waals surface area contributed by atoms with Crippen molar-refractivity contribution in [1.82, 2.24) is 0 Å². The second kappa shape index (κ2) is 24.7. The van der Waals surface area contributed by atoms with Crippen LogP contribution in [0.2, 0.25) is 0 Å². The molecule has 0 aliphatic carbocycles. The third kappa shape index (κ3) is 10.6. The van der Waals surface area contributed by atoms with Gasteiger partial charge in [0, 0.05) is 51.1 Å². The largest absolute Gasteiger partial charge is 0.458 e. The lowest BCUT2D eigenvalue weighted by molar-refractivity contribution is 0.466. The number of benzene rings is 15. The van der Waals surface area contributed by atoms with Crippen molar-refractivity contribution in [3.8, 4) is 112 Å². The summed E-state index contributed by atoms with van der Waals surface area (Å²) in [6, 6.07) is 126. The Kier molecular flexibility index (Phi) is 14.9. The van der Waals surface area contributed by atoms with E-state index in [9.17, 15) is 0 Å². The van der Waals surface area contributed by atoms with Gasteiger partial charge in [-0.05, 0) is 182 Å². The molecule has 15 aromatic rings. The lowest BCUT2D eigenvalue weighted by Gasteiger charge is -2.44. The Hall–Kier alpha value is -12.4. The lowest BCUT2D eigenvalue weighted by Crippen LogP contribution is -2.63. The maximum atomic E-state index is 7.76. The SMILES string of the molecule is CC(C)(C)c1cc(-c2ccccc2)c(N2c3cc(-c4ccccc4)ccc3B3c4cc5c(cc4Oc4cc(-c6ccccc6)cc2c43)Oc2cc(-c3ccccc3)cc3c2B5c2ccc(-c4ccccc4)cc2N3c2c(-c3ccccc3)cc(C(C)(C)C)cc2-c2ccccc2)c(-c2ccccc2)c1. The standard InChI is InChI=1S/C98H74B2N2O2/c1-97(2,3)75-57-77(67-39-23-11-24-40-67)95(78(58-75)68-41-25-12-26-42-68)101-85-51-71(63-31-15-7-16-32-63)47-49-81(85)99-83-61-84-90(62-89(83)103-91-55-73(53-87(101)93(91)99)65-35-19-9-20-36-65)104-92-56-74(66-37-21-10-22-38-66)54-88-94(92)100(84)82-50-48-72(64-33-17-8-18-34-64)52-86(82)102(88)96-79(69-43-27-13-28-44-69)59-76(98(4,5)6)60-80(96)70-45-29-14-30-46-70/h7-62H,1-6H3. The van der Waals surface area contributed by atoms with Crippen molar-refractivity contribution < 1.29 is 9.47 Å². The highest BCUT2D eigenvalue weighted by Gasteiger charge is 2.48. The molecule has 0 radical (unpaired) electrons. The van der Waals surface area contributed by atoms with Gasteiger partial charge >= 0.3 is 0 Å². The molecule has 0 amide bonds. The molecule has 0 fully saturated rings. The van der Waals surface area contributed by atoms with Crippen molar-refractivity contribution in [2.24, 2.45) is 0 Å². The molecule has 4 nitrogen and oxygen atoms in total. The summed E-state index contributed by atoms with van der Waals surface area (Å²) in [6.07, 6.45) is 0. The summed E-state index contributed by atoms with van der Waals surface area (Å²) in [6.45, 7) is 13.4. The topological polar surface area (TPSA) is 24.9 Å². The Morgan fingerprint density at radius 1 is 0.221 bits per heavy atom. The van der Waals surface area contributed by atoms with E-state index in [0.717, 1.165) is 168 Å². The minimum Gasteiger partial charge on any atom is -0.458 e. The third-order valence-electron chi connectivity index (χ3n) is 21.8. The first-order chi connectivity index (χ1) is 50.8. The van der Waals surface area contributed by atoms with Gasteiger partial charge in [0.05, 0.1) is 11.4 Å². The van der Waals surface area contributed by atoms with Gasteiger partial charge in [-0.15, -0.1) is 0 Å². The molecule has 15 aromatic carbocycles. The maximum Gasteiger partial charge on any atom is 0.256 e. The van der Waals surface area contributed by atoms with Crippen LogP contribution in [0.1, 0.15) is 52.7 Å². The third-order valence-corrected chi connectivity index (χ3v) is 21.8. The highest BCUT2D eigenvalue weighted by Crippen LogP contribution is 2.55. The van der Waals surface area contributed by atoms with Crippen LogP contribution in [0.5, 0.6) is 23.0 Å². The Bertz CT molecular complexity index is 5380. The Morgan fingerprint density at radius 3 is 0.779 bits per heavy atom. The minimum atomic E-state index is -0.284. The van der Waals surface area contributed by atoms with E-state index in [1.54, 1.807) is 0 Å². The van der Waals surface area contributed by atoms with Crippen LogP contribution in [0, 0.1) is 0 Å². The number of hydrogen-bond donors (Lipinski definition) is 0. The lowest BCUT2D eigenvalue weighted by atomic mass is 9.31. The van der Waals surface area contributed by atoms with Crippen molar-refractivity contribution in [3.05, 3.63) is 351 Å². The Balaban J connectivity index is 0.903. The van der Waals surface area contributed by atoms with Crippen molar-refractivity contribution in [2.45, 2.75) is 52.4 Å². The molecular weight excluding hydrogens is 1260 g/mol. The van der Waals surface area contributed by atoms with Crippen LogP contribution in [0.15, 0.2) is 340 Å². The first-order valence-corrected chi connectivity index (χ1v) is 36.4.